The van der Waals surface area contributed by atoms with Crippen LogP contribution in [0.1, 0.15) is 36.1 Å². The Morgan fingerprint density at radius 3 is 2.43 bits per heavy atom. The van der Waals surface area contributed by atoms with Crippen LogP contribution in [0, 0.1) is 13.8 Å². The van der Waals surface area contributed by atoms with Crippen molar-refractivity contribution in [3.8, 4) is 5.75 Å². The molecule has 0 bridgehead atoms. The Labute approximate surface area is 142 Å². The molecule has 0 spiro atoms. The van der Waals surface area contributed by atoms with Gasteiger partial charge in [-0.2, -0.15) is 0 Å². The quantitative estimate of drug-likeness (QED) is 0.839. The van der Waals surface area contributed by atoms with Gasteiger partial charge in [-0.25, -0.2) is 0 Å². The maximum Gasteiger partial charge on any atom is 0.258 e. The van der Waals surface area contributed by atoms with Crippen molar-refractivity contribution in [1.29, 1.82) is 0 Å². The Morgan fingerprint density at radius 1 is 1.13 bits per heavy atom. The normalized spacial score (nSPS) is 11.8. The molecule has 1 N–H and O–H groups in total. The molecule has 0 aliphatic carbocycles. The first-order valence-electron chi connectivity index (χ1n) is 7.74. The van der Waals surface area contributed by atoms with Gasteiger partial charge in [0, 0.05) is 5.02 Å². The lowest BCUT2D eigenvalue weighted by molar-refractivity contribution is -0.123. The van der Waals surface area contributed by atoms with Crippen LogP contribution in [-0.2, 0) is 4.79 Å². The molecule has 2 aromatic carbocycles. The van der Waals surface area contributed by atoms with Crippen molar-refractivity contribution in [2.24, 2.45) is 0 Å². The van der Waals surface area contributed by atoms with Gasteiger partial charge in [0.25, 0.3) is 5.91 Å². The second kappa shape index (κ2) is 8.02. The number of rotatable bonds is 6. The maximum atomic E-state index is 12.1. The number of carbonyl (C=O) groups is 1. The maximum absolute atomic E-state index is 12.1. The highest BCUT2D eigenvalue weighted by atomic mass is 35.5. The van der Waals surface area contributed by atoms with Crippen LogP contribution < -0.4 is 10.1 Å². The molecule has 0 heterocycles. The van der Waals surface area contributed by atoms with Crippen molar-refractivity contribution in [3.63, 3.8) is 0 Å². The first-order chi connectivity index (χ1) is 11.0. The van der Waals surface area contributed by atoms with Crippen molar-refractivity contribution in [3.05, 3.63) is 64.2 Å². The Balaban J connectivity index is 1.92. The summed E-state index contributed by atoms with van der Waals surface area (Å²) in [4.78, 5) is 12.1. The van der Waals surface area contributed by atoms with E-state index in [4.69, 9.17) is 16.3 Å². The third kappa shape index (κ3) is 5.00. The monoisotopic (exact) mass is 331 g/mol. The van der Waals surface area contributed by atoms with Crippen LogP contribution in [0.25, 0.3) is 0 Å². The lowest BCUT2D eigenvalue weighted by Gasteiger charge is -2.18. The number of amides is 1. The van der Waals surface area contributed by atoms with E-state index in [1.54, 1.807) is 0 Å². The minimum Gasteiger partial charge on any atom is -0.484 e. The predicted molar refractivity (Wildman–Crippen MR) is 94.0 cm³/mol. The molecule has 0 radical (unpaired) electrons. The summed E-state index contributed by atoms with van der Waals surface area (Å²) in [6.07, 6.45) is 0.803. The number of nitrogens with one attached hydrogen (secondary N) is 1. The van der Waals surface area contributed by atoms with Gasteiger partial charge in [-0.15, -0.1) is 0 Å². The average molecular weight is 332 g/mol. The van der Waals surface area contributed by atoms with Crippen LogP contribution in [0.15, 0.2) is 42.5 Å². The molecule has 0 aliphatic rings. The molecule has 23 heavy (non-hydrogen) atoms. The summed E-state index contributed by atoms with van der Waals surface area (Å²) in [6.45, 7) is 6.11. The number of carbonyl (C=O) groups excluding carboxylic acids is 1. The fourth-order valence-corrected chi connectivity index (χ4v) is 2.43. The van der Waals surface area contributed by atoms with Crippen LogP contribution in [0.5, 0.6) is 5.75 Å². The van der Waals surface area contributed by atoms with E-state index in [1.165, 1.54) is 5.56 Å². The summed E-state index contributed by atoms with van der Waals surface area (Å²) in [5.41, 5.74) is 3.39. The zero-order chi connectivity index (χ0) is 16.8. The fourth-order valence-electron chi connectivity index (χ4n) is 2.30. The summed E-state index contributed by atoms with van der Waals surface area (Å²) >= 11 is 5.90. The van der Waals surface area contributed by atoms with E-state index in [9.17, 15) is 4.79 Å². The van der Waals surface area contributed by atoms with Crippen LogP contribution in [0.3, 0.4) is 0 Å². The smallest absolute Gasteiger partial charge is 0.258 e. The van der Waals surface area contributed by atoms with Crippen molar-refractivity contribution in [1.82, 2.24) is 5.32 Å². The average Bonchev–Trinajstić information content (AvgIpc) is 2.54. The fraction of sp³-hybridized carbons (Fsp3) is 0.316. The summed E-state index contributed by atoms with van der Waals surface area (Å²) in [5, 5.41) is 3.68. The zero-order valence-corrected chi connectivity index (χ0v) is 14.5. The van der Waals surface area contributed by atoms with E-state index >= 15 is 0 Å². The first kappa shape index (κ1) is 17.4. The van der Waals surface area contributed by atoms with Crippen LogP contribution in [0.4, 0.5) is 0 Å². The first-order valence-corrected chi connectivity index (χ1v) is 8.12. The molecule has 0 saturated heterocycles. The molecule has 122 valence electrons. The predicted octanol–water partition coefficient (Wildman–Crippen LogP) is 4.60. The Kier molecular flexibility index (Phi) is 6.05. The number of hydrogen-bond acceptors (Lipinski definition) is 2. The SMILES string of the molecule is CCC(NC(=O)COc1ccc(C)c(C)c1)c1ccc(Cl)cc1. The number of benzene rings is 2. The van der Waals surface area contributed by atoms with Crippen LogP contribution in [0.2, 0.25) is 5.02 Å². The topological polar surface area (TPSA) is 38.3 Å². The molecule has 0 saturated carbocycles. The molecule has 0 aliphatic heterocycles. The molecule has 3 nitrogen and oxygen atoms in total. The second-order valence-electron chi connectivity index (χ2n) is 5.61. The minimum atomic E-state index is -0.134. The lowest BCUT2D eigenvalue weighted by atomic mass is 10.0. The van der Waals surface area contributed by atoms with Gasteiger partial charge in [0.2, 0.25) is 0 Å². The Bertz CT molecular complexity index is 668. The summed E-state index contributed by atoms with van der Waals surface area (Å²) in [6, 6.07) is 13.3. The highest BCUT2D eigenvalue weighted by Crippen LogP contribution is 2.19. The van der Waals surface area contributed by atoms with Gasteiger partial charge < -0.3 is 10.1 Å². The molecule has 1 amide bonds. The number of halogens is 1. The highest BCUT2D eigenvalue weighted by Gasteiger charge is 2.13. The number of aryl methyl sites for hydroxylation is 2. The van der Waals surface area contributed by atoms with Crippen LogP contribution >= 0.6 is 11.6 Å². The number of ether oxygens (including phenoxy) is 1. The number of hydrogen-bond donors (Lipinski definition) is 1. The Morgan fingerprint density at radius 2 is 1.83 bits per heavy atom. The summed E-state index contributed by atoms with van der Waals surface area (Å²) in [7, 11) is 0. The van der Waals surface area contributed by atoms with Gasteiger partial charge in [0.1, 0.15) is 5.75 Å². The minimum absolute atomic E-state index is 0.00654. The van der Waals surface area contributed by atoms with E-state index < -0.39 is 0 Å². The van der Waals surface area contributed by atoms with Crippen LogP contribution in [-0.4, -0.2) is 12.5 Å². The summed E-state index contributed by atoms with van der Waals surface area (Å²) < 4.78 is 5.57. The van der Waals surface area contributed by atoms with Crippen molar-refractivity contribution in [2.75, 3.05) is 6.61 Å². The highest BCUT2D eigenvalue weighted by molar-refractivity contribution is 6.30. The summed E-state index contributed by atoms with van der Waals surface area (Å²) in [5.74, 6) is 0.577. The van der Waals surface area contributed by atoms with Gasteiger partial charge in [0.15, 0.2) is 6.61 Å². The third-order valence-corrected chi connectivity index (χ3v) is 4.12. The van der Waals surface area contributed by atoms with Crippen molar-refractivity contribution in [2.45, 2.75) is 33.2 Å². The molecule has 0 aromatic heterocycles. The van der Waals surface area contributed by atoms with E-state index in [1.807, 2.05) is 63.2 Å². The van der Waals surface area contributed by atoms with E-state index in [-0.39, 0.29) is 18.6 Å². The molecule has 2 rings (SSSR count). The van der Waals surface area contributed by atoms with Gasteiger partial charge in [-0.05, 0) is 61.2 Å². The van der Waals surface area contributed by atoms with Gasteiger partial charge in [-0.3, -0.25) is 4.79 Å². The largest absolute Gasteiger partial charge is 0.484 e. The molecule has 1 atom stereocenters. The lowest BCUT2D eigenvalue weighted by Crippen LogP contribution is -2.32. The molecular formula is C19H22ClNO2. The zero-order valence-electron chi connectivity index (χ0n) is 13.7. The Hall–Kier alpha value is -2.00. The van der Waals surface area contributed by atoms with Gasteiger partial charge >= 0.3 is 0 Å². The van der Waals surface area contributed by atoms with Crippen molar-refractivity contribution < 1.29 is 9.53 Å². The second-order valence-corrected chi connectivity index (χ2v) is 6.05. The van der Waals surface area contributed by atoms with E-state index in [2.05, 4.69) is 5.32 Å². The molecule has 1 unspecified atom stereocenters. The molecule has 4 heteroatoms. The molecule has 0 fully saturated rings. The van der Waals surface area contributed by atoms with Gasteiger partial charge in [0.05, 0.1) is 6.04 Å². The van der Waals surface area contributed by atoms with Gasteiger partial charge in [-0.1, -0.05) is 36.7 Å². The van der Waals surface area contributed by atoms with Crippen molar-refractivity contribution >= 4 is 17.5 Å². The van der Waals surface area contributed by atoms with E-state index in [0.717, 1.165) is 17.5 Å². The molecular weight excluding hydrogens is 310 g/mol. The molecule has 2 aromatic rings. The van der Waals surface area contributed by atoms with E-state index in [0.29, 0.717) is 10.8 Å². The standard InChI is InChI=1S/C19H22ClNO2/c1-4-18(15-6-8-16(20)9-7-15)21-19(22)12-23-17-10-5-13(2)14(3)11-17/h5-11,18H,4,12H2,1-3H3,(H,21,22). The third-order valence-electron chi connectivity index (χ3n) is 3.86.